The summed E-state index contributed by atoms with van der Waals surface area (Å²) in [7, 11) is -3.70. The summed E-state index contributed by atoms with van der Waals surface area (Å²) < 4.78 is 96.8. The van der Waals surface area contributed by atoms with Gasteiger partial charge in [-0.3, -0.25) is 9.52 Å². The molecule has 38 heavy (non-hydrogen) atoms. The zero-order valence-electron chi connectivity index (χ0n) is 20.3. The van der Waals surface area contributed by atoms with Crippen molar-refractivity contribution in [3.63, 3.8) is 0 Å². The molecule has 0 aliphatic carbocycles. The van der Waals surface area contributed by atoms with Crippen molar-refractivity contribution >= 4 is 21.6 Å². The lowest BCUT2D eigenvalue weighted by Gasteiger charge is -2.16. The highest BCUT2D eigenvalue weighted by atomic mass is 32.2. The number of ether oxygens (including phenoxy) is 1. The molecule has 7 nitrogen and oxygen atoms in total. The number of carbonyl (C=O) groups excluding carboxylic acids is 1. The lowest BCUT2D eigenvalue weighted by Crippen LogP contribution is -2.28. The Bertz CT molecular complexity index is 1400. The van der Waals surface area contributed by atoms with Gasteiger partial charge in [0, 0.05) is 12.1 Å². The van der Waals surface area contributed by atoms with E-state index in [1.807, 2.05) is 4.72 Å². The number of amides is 1. The molecule has 0 aliphatic heterocycles. The van der Waals surface area contributed by atoms with Crippen molar-refractivity contribution in [3.05, 3.63) is 88.4 Å². The van der Waals surface area contributed by atoms with Crippen LogP contribution in [0.15, 0.2) is 54.6 Å². The van der Waals surface area contributed by atoms with Crippen LogP contribution in [-0.2, 0) is 40.8 Å². The Morgan fingerprint density at radius 1 is 1.05 bits per heavy atom. The maximum atomic E-state index is 14.3. The number of benzene rings is 2. The van der Waals surface area contributed by atoms with E-state index in [0.717, 1.165) is 24.5 Å². The van der Waals surface area contributed by atoms with Gasteiger partial charge in [0.15, 0.2) is 0 Å². The van der Waals surface area contributed by atoms with Crippen LogP contribution in [0.1, 0.15) is 40.8 Å². The first-order valence-corrected chi connectivity index (χ1v) is 13.0. The molecule has 0 bridgehead atoms. The fourth-order valence-electron chi connectivity index (χ4n) is 3.33. The lowest BCUT2D eigenvalue weighted by atomic mass is 9.99. The summed E-state index contributed by atoms with van der Waals surface area (Å²) in [5.74, 6) is -2.67. The number of nitrogens with zero attached hydrogens (tertiary/aromatic N) is 1. The van der Waals surface area contributed by atoms with Gasteiger partial charge in [-0.1, -0.05) is 30.3 Å². The fraction of sp³-hybridized carbons (Fsp3) is 0.280. The first kappa shape index (κ1) is 28.8. The number of halogens is 5. The highest BCUT2D eigenvalue weighted by molar-refractivity contribution is 7.92. The molecule has 3 rings (SSSR count). The summed E-state index contributed by atoms with van der Waals surface area (Å²) in [5.41, 5.74) is -0.0380. The third-order valence-corrected chi connectivity index (χ3v) is 6.01. The van der Waals surface area contributed by atoms with Crippen LogP contribution < -0.4 is 14.8 Å². The van der Waals surface area contributed by atoms with Gasteiger partial charge in [0.05, 0.1) is 17.9 Å². The number of hydrogen-bond donors (Lipinski definition) is 2. The third kappa shape index (κ3) is 7.88. The molecule has 0 spiro atoms. The summed E-state index contributed by atoms with van der Waals surface area (Å²) in [5, 5.41) is 2.57. The molecule has 13 heteroatoms. The molecule has 1 aromatic heterocycles. The molecule has 2 aromatic carbocycles. The Morgan fingerprint density at radius 2 is 1.71 bits per heavy atom. The Labute approximate surface area is 216 Å². The van der Waals surface area contributed by atoms with Crippen LogP contribution in [0.2, 0.25) is 0 Å². The van der Waals surface area contributed by atoms with Crippen LogP contribution in [0, 0.1) is 5.82 Å². The minimum Gasteiger partial charge on any atom is -0.473 e. The number of alkyl halides is 4. The highest BCUT2D eigenvalue weighted by Crippen LogP contribution is 2.31. The molecule has 0 radical (unpaired) electrons. The van der Waals surface area contributed by atoms with E-state index >= 15 is 0 Å². The summed E-state index contributed by atoms with van der Waals surface area (Å²) in [6.07, 6.45) is -3.85. The molecule has 3 aromatic rings. The number of aromatic nitrogens is 1. The van der Waals surface area contributed by atoms with Gasteiger partial charge >= 0.3 is 6.18 Å². The number of sulfonamides is 1. The average molecular weight is 558 g/mol. The maximum absolute atomic E-state index is 14.3. The summed E-state index contributed by atoms with van der Waals surface area (Å²) in [6, 6.07) is 11.7. The Morgan fingerprint density at radius 3 is 2.29 bits per heavy atom. The molecule has 1 unspecified atom stereocenters. The molecule has 0 saturated carbocycles. The van der Waals surface area contributed by atoms with Gasteiger partial charge < -0.3 is 10.1 Å². The van der Waals surface area contributed by atoms with Crippen LogP contribution in [0.4, 0.5) is 27.6 Å². The predicted octanol–water partition coefficient (Wildman–Crippen LogP) is 5.08. The zero-order chi connectivity index (χ0) is 28.1. The van der Waals surface area contributed by atoms with E-state index in [1.165, 1.54) is 31.2 Å². The Hall–Kier alpha value is -3.74. The average Bonchev–Trinajstić information content (AvgIpc) is 2.86. The van der Waals surface area contributed by atoms with Crippen molar-refractivity contribution in [1.82, 2.24) is 10.3 Å². The molecule has 0 aliphatic rings. The third-order valence-electron chi connectivity index (χ3n) is 5.42. The molecule has 0 fully saturated rings. The second-order valence-corrected chi connectivity index (χ2v) is 10.2. The maximum Gasteiger partial charge on any atom is 0.433 e. The molecule has 1 heterocycles. The van der Waals surface area contributed by atoms with Crippen molar-refractivity contribution in [2.45, 2.75) is 38.8 Å². The second-order valence-electron chi connectivity index (χ2n) is 8.45. The van der Waals surface area contributed by atoms with Gasteiger partial charge in [-0.25, -0.2) is 22.2 Å². The minimum atomic E-state index is -4.72. The van der Waals surface area contributed by atoms with Crippen molar-refractivity contribution in [2.24, 2.45) is 0 Å². The molecular weight excluding hydrogens is 533 g/mol. The van der Waals surface area contributed by atoms with E-state index < -0.39 is 46.2 Å². The summed E-state index contributed by atoms with van der Waals surface area (Å²) in [6.45, 7) is 0.441. The van der Waals surface area contributed by atoms with Gasteiger partial charge in [-0.05, 0) is 47.9 Å². The lowest BCUT2D eigenvalue weighted by molar-refractivity contribution is -0.141. The highest BCUT2D eigenvalue weighted by Gasteiger charge is 2.33. The Kier molecular flexibility index (Phi) is 8.92. The van der Waals surface area contributed by atoms with E-state index in [1.54, 1.807) is 12.1 Å². The summed E-state index contributed by atoms with van der Waals surface area (Å²) in [4.78, 5) is 16.3. The zero-order valence-corrected chi connectivity index (χ0v) is 21.1. The number of anilines is 1. The Balaban J connectivity index is 1.73. The van der Waals surface area contributed by atoms with E-state index in [9.17, 15) is 35.2 Å². The van der Waals surface area contributed by atoms with Crippen LogP contribution in [-0.4, -0.2) is 25.6 Å². The molecule has 1 amide bonds. The number of carbonyl (C=O) groups is 1. The molecule has 204 valence electrons. The van der Waals surface area contributed by atoms with Crippen LogP contribution >= 0.6 is 0 Å². The smallest absolute Gasteiger partial charge is 0.433 e. The number of rotatable bonds is 10. The quantitative estimate of drug-likeness (QED) is 0.339. The van der Waals surface area contributed by atoms with Crippen molar-refractivity contribution in [1.29, 1.82) is 0 Å². The summed E-state index contributed by atoms with van der Waals surface area (Å²) >= 11 is 0. The molecule has 1 atom stereocenters. The first-order chi connectivity index (χ1) is 17.8. The minimum absolute atomic E-state index is 0.147. The van der Waals surface area contributed by atoms with Gasteiger partial charge in [0.2, 0.25) is 21.8 Å². The van der Waals surface area contributed by atoms with Crippen molar-refractivity contribution < 1.29 is 39.9 Å². The van der Waals surface area contributed by atoms with E-state index in [-0.39, 0.29) is 35.8 Å². The number of pyridine rings is 1. The van der Waals surface area contributed by atoms with Gasteiger partial charge in [0.25, 0.3) is 0 Å². The fourth-order valence-corrected chi connectivity index (χ4v) is 3.90. The van der Waals surface area contributed by atoms with Gasteiger partial charge in [-0.15, -0.1) is 0 Å². The van der Waals surface area contributed by atoms with Gasteiger partial charge in [-0.2, -0.15) is 13.2 Å². The van der Waals surface area contributed by atoms with Crippen molar-refractivity contribution in [3.8, 4) is 5.88 Å². The number of nitrogens with one attached hydrogen (secondary N) is 2. The molecule has 2 N–H and O–H groups in total. The second kappa shape index (κ2) is 11.8. The monoisotopic (exact) mass is 557 g/mol. The topological polar surface area (TPSA) is 97.4 Å². The van der Waals surface area contributed by atoms with Crippen LogP contribution in [0.5, 0.6) is 5.88 Å². The van der Waals surface area contributed by atoms with E-state index in [0.29, 0.717) is 11.1 Å². The number of hydrogen-bond acceptors (Lipinski definition) is 5. The first-order valence-electron chi connectivity index (χ1n) is 11.2. The largest absolute Gasteiger partial charge is 0.473 e. The van der Waals surface area contributed by atoms with E-state index in [2.05, 4.69) is 10.3 Å². The standard InChI is InChI=1S/C25H24F5N3O4S/c1-15(18-7-9-21(20(27)11-18)33-38(2,35)36)23(34)31-13-19-8-10-22(25(28,29)30)32-24(19)37-14-17-5-3-16(12-26)4-6-17/h3-11,15,33H,12-14H2,1-2H3,(H,31,34). The van der Waals surface area contributed by atoms with E-state index in [4.69, 9.17) is 4.74 Å². The SMILES string of the molecule is CC(C(=O)NCc1ccc(C(F)(F)F)nc1OCc1ccc(CF)cc1)c1ccc(NS(C)(=O)=O)c(F)c1. The van der Waals surface area contributed by atoms with Crippen LogP contribution in [0.3, 0.4) is 0 Å². The predicted molar refractivity (Wildman–Crippen MR) is 130 cm³/mol. The van der Waals surface area contributed by atoms with Crippen LogP contribution in [0.25, 0.3) is 0 Å². The van der Waals surface area contributed by atoms with Crippen molar-refractivity contribution in [2.75, 3.05) is 11.0 Å². The van der Waals surface area contributed by atoms with Gasteiger partial charge in [0.1, 0.15) is 24.8 Å². The molecular formula is C25H24F5N3O4S. The normalized spacial score (nSPS) is 12.6. The molecule has 0 saturated heterocycles.